The van der Waals surface area contributed by atoms with E-state index in [2.05, 4.69) is 33.6 Å². The Morgan fingerprint density at radius 2 is 2.03 bits per heavy atom. The number of nitrogens with zero attached hydrogens (tertiary/aromatic N) is 3. The van der Waals surface area contributed by atoms with Crippen molar-refractivity contribution >= 4 is 5.91 Å². The highest BCUT2D eigenvalue weighted by molar-refractivity contribution is 5.80. The molecule has 0 bridgehead atoms. The van der Waals surface area contributed by atoms with Gasteiger partial charge in [-0.2, -0.15) is 0 Å². The van der Waals surface area contributed by atoms with Crippen LogP contribution < -0.4 is 5.32 Å². The van der Waals surface area contributed by atoms with Gasteiger partial charge in [-0.25, -0.2) is 9.37 Å². The summed E-state index contributed by atoms with van der Waals surface area (Å²) in [5.41, 5.74) is 0.570. The van der Waals surface area contributed by atoms with Crippen molar-refractivity contribution in [3.8, 4) is 0 Å². The van der Waals surface area contributed by atoms with Gasteiger partial charge in [0.1, 0.15) is 17.2 Å². The molecule has 1 spiro atoms. The van der Waals surface area contributed by atoms with Gasteiger partial charge < -0.3 is 14.6 Å². The summed E-state index contributed by atoms with van der Waals surface area (Å²) in [7, 11) is 0. The molecule has 2 aromatic rings. The van der Waals surface area contributed by atoms with Crippen LogP contribution in [-0.4, -0.2) is 46.1 Å². The average Bonchev–Trinajstić information content (AvgIpc) is 3.19. The van der Waals surface area contributed by atoms with Gasteiger partial charge in [-0.3, -0.25) is 9.69 Å². The molecule has 1 saturated heterocycles. The third kappa shape index (κ3) is 4.36. The van der Waals surface area contributed by atoms with Crippen LogP contribution in [0.3, 0.4) is 0 Å². The summed E-state index contributed by atoms with van der Waals surface area (Å²) in [6, 6.07) is 6.67. The molecule has 0 aliphatic carbocycles. The Labute approximate surface area is 171 Å². The molecule has 1 atom stereocenters. The summed E-state index contributed by atoms with van der Waals surface area (Å²) in [6.07, 6.45) is 4.78. The van der Waals surface area contributed by atoms with E-state index >= 15 is 0 Å². The zero-order valence-corrected chi connectivity index (χ0v) is 17.1. The number of rotatable bonds is 5. The van der Waals surface area contributed by atoms with Crippen LogP contribution in [0.5, 0.6) is 0 Å². The van der Waals surface area contributed by atoms with Crippen molar-refractivity contribution in [2.24, 2.45) is 5.92 Å². The van der Waals surface area contributed by atoms with Crippen LogP contribution in [-0.2, 0) is 28.2 Å². The van der Waals surface area contributed by atoms with Crippen molar-refractivity contribution in [2.75, 3.05) is 19.6 Å². The highest BCUT2D eigenvalue weighted by atomic mass is 19.1. The van der Waals surface area contributed by atoms with E-state index in [-0.39, 0.29) is 11.7 Å². The third-order valence-corrected chi connectivity index (χ3v) is 5.81. The Bertz CT molecular complexity index is 841. The van der Waals surface area contributed by atoms with Gasteiger partial charge in [0.2, 0.25) is 0 Å². The summed E-state index contributed by atoms with van der Waals surface area (Å²) in [4.78, 5) is 19.6. The molecule has 7 heteroatoms. The molecular formula is C22H29FN4O2. The fraction of sp³-hybridized carbons (Fsp3) is 0.545. The monoisotopic (exact) mass is 400 g/mol. The Morgan fingerprint density at radius 3 is 2.72 bits per heavy atom. The van der Waals surface area contributed by atoms with E-state index in [0.29, 0.717) is 19.0 Å². The van der Waals surface area contributed by atoms with Crippen LogP contribution in [0.2, 0.25) is 0 Å². The van der Waals surface area contributed by atoms with Crippen LogP contribution in [0.1, 0.15) is 38.1 Å². The number of imidazole rings is 1. The summed E-state index contributed by atoms with van der Waals surface area (Å²) >= 11 is 0. The number of piperidine rings is 1. The Balaban J connectivity index is 1.44. The van der Waals surface area contributed by atoms with Crippen LogP contribution in [0.25, 0.3) is 0 Å². The molecule has 0 saturated carbocycles. The first-order valence-corrected chi connectivity index (χ1v) is 10.4. The number of benzene rings is 1. The van der Waals surface area contributed by atoms with Gasteiger partial charge in [0.25, 0.3) is 5.91 Å². The predicted molar refractivity (Wildman–Crippen MR) is 108 cm³/mol. The topological polar surface area (TPSA) is 59.4 Å². The predicted octanol–water partition coefficient (Wildman–Crippen LogP) is 2.68. The number of ether oxygens (including phenoxy) is 1. The second-order valence-electron chi connectivity index (χ2n) is 8.55. The molecule has 1 aromatic heterocycles. The molecule has 2 aliphatic rings. The molecule has 1 aromatic carbocycles. The van der Waals surface area contributed by atoms with Crippen molar-refractivity contribution in [3.05, 3.63) is 53.9 Å². The zero-order chi connectivity index (χ0) is 20.4. The number of carbonyl (C=O) groups excluding carboxylic acids is 1. The van der Waals surface area contributed by atoms with Gasteiger partial charge >= 0.3 is 0 Å². The van der Waals surface area contributed by atoms with E-state index in [1.165, 1.54) is 12.1 Å². The highest BCUT2D eigenvalue weighted by Gasteiger charge is 2.47. The number of fused-ring (bicyclic) bond motifs is 2. The van der Waals surface area contributed by atoms with Crippen molar-refractivity contribution in [3.63, 3.8) is 0 Å². The summed E-state index contributed by atoms with van der Waals surface area (Å²) in [5.74, 6) is 1.06. The Hall–Kier alpha value is -2.25. The van der Waals surface area contributed by atoms with E-state index in [0.717, 1.165) is 43.9 Å². The fourth-order valence-corrected chi connectivity index (χ4v) is 4.21. The molecule has 4 rings (SSSR count). The number of carbonyl (C=O) groups is 1. The minimum Gasteiger partial charge on any atom is -0.354 e. The third-order valence-electron chi connectivity index (χ3n) is 5.81. The molecule has 3 heterocycles. The maximum absolute atomic E-state index is 13.1. The van der Waals surface area contributed by atoms with Gasteiger partial charge in [0.05, 0.1) is 6.54 Å². The molecule has 6 nitrogen and oxygen atoms in total. The van der Waals surface area contributed by atoms with Crippen LogP contribution in [0.15, 0.2) is 36.7 Å². The van der Waals surface area contributed by atoms with E-state index in [1.54, 1.807) is 6.20 Å². The van der Waals surface area contributed by atoms with Crippen molar-refractivity contribution < 1.29 is 13.9 Å². The second-order valence-corrected chi connectivity index (χ2v) is 8.55. The van der Waals surface area contributed by atoms with Crippen LogP contribution in [0.4, 0.5) is 4.39 Å². The van der Waals surface area contributed by atoms with Crippen LogP contribution >= 0.6 is 0 Å². The van der Waals surface area contributed by atoms with E-state index in [1.807, 2.05) is 18.3 Å². The van der Waals surface area contributed by atoms with Crippen LogP contribution in [0, 0.1) is 11.7 Å². The molecule has 0 radical (unpaired) electrons. The van der Waals surface area contributed by atoms with Crippen molar-refractivity contribution in [1.29, 1.82) is 0 Å². The molecule has 1 amide bonds. The first-order chi connectivity index (χ1) is 13.9. The quantitative estimate of drug-likeness (QED) is 0.838. The number of nitrogens with one attached hydrogen (secondary N) is 1. The molecule has 2 aliphatic heterocycles. The zero-order valence-electron chi connectivity index (χ0n) is 17.1. The highest BCUT2D eigenvalue weighted by Crippen LogP contribution is 2.40. The lowest BCUT2D eigenvalue weighted by Gasteiger charge is -2.45. The lowest BCUT2D eigenvalue weighted by Crippen LogP contribution is -2.54. The van der Waals surface area contributed by atoms with Crippen molar-refractivity contribution in [2.45, 2.75) is 51.5 Å². The number of hydrogen-bond acceptors (Lipinski definition) is 4. The lowest BCUT2D eigenvalue weighted by atomic mass is 9.88. The summed E-state index contributed by atoms with van der Waals surface area (Å²) < 4.78 is 21.6. The number of likely N-dealkylation sites (tertiary alicyclic amines) is 1. The largest absolute Gasteiger partial charge is 0.354 e. The maximum atomic E-state index is 13.1. The number of aromatic nitrogens is 2. The standard InChI is InChI=1S/C22H29FN4O2/c1-16(2)13-25-20(28)19-15-27-12-9-24-21(27)22(29-19)7-10-26(11-8-22)14-17-3-5-18(23)6-4-17/h3-6,9,12,16,19H,7-8,10-11,13-15H2,1-2H3,(H,25,28)/t19-/m0/s1. The second kappa shape index (κ2) is 8.24. The number of halogens is 1. The Kier molecular flexibility index (Phi) is 5.69. The van der Waals surface area contributed by atoms with Crippen molar-refractivity contribution in [1.82, 2.24) is 19.8 Å². The molecule has 29 heavy (non-hydrogen) atoms. The minimum absolute atomic E-state index is 0.0498. The first kappa shape index (κ1) is 20.0. The normalized spacial score (nSPS) is 21.3. The number of hydrogen-bond donors (Lipinski definition) is 1. The number of amides is 1. The van der Waals surface area contributed by atoms with Gasteiger partial charge in [-0.15, -0.1) is 0 Å². The Morgan fingerprint density at radius 1 is 1.31 bits per heavy atom. The van der Waals surface area contributed by atoms with Gasteiger partial charge in [0.15, 0.2) is 6.10 Å². The molecule has 156 valence electrons. The maximum Gasteiger partial charge on any atom is 0.251 e. The van der Waals surface area contributed by atoms with Gasteiger partial charge in [-0.05, 0) is 36.5 Å². The smallest absolute Gasteiger partial charge is 0.251 e. The summed E-state index contributed by atoms with van der Waals surface area (Å²) in [6.45, 7) is 7.76. The molecular weight excluding hydrogens is 371 g/mol. The lowest BCUT2D eigenvalue weighted by molar-refractivity contribution is -0.174. The molecule has 1 N–H and O–H groups in total. The van der Waals surface area contributed by atoms with E-state index < -0.39 is 11.7 Å². The SMILES string of the molecule is CC(C)CNC(=O)[C@@H]1Cn2ccnc2C2(CCN(Cc3ccc(F)cc3)CC2)O1. The average molecular weight is 400 g/mol. The molecule has 1 fully saturated rings. The first-order valence-electron chi connectivity index (χ1n) is 10.4. The van der Waals surface area contributed by atoms with Gasteiger partial charge in [-0.1, -0.05) is 26.0 Å². The van der Waals surface area contributed by atoms with E-state index in [4.69, 9.17) is 4.74 Å². The fourth-order valence-electron chi connectivity index (χ4n) is 4.21. The molecule has 0 unspecified atom stereocenters. The van der Waals surface area contributed by atoms with E-state index in [9.17, 15) is 9.18 Å². The van der Waals surface area contributed by atoms with Gasteiger partial charge in [0, 0.05) is 38.6 Å². The minimum atomic E-state index is -0.527. The summed E-state index contributed by atoms with van der Waals surface area (Å²) in [5, 5.41) is 3.00.